The number of carbonyl (C=O) groups excluding carboxylic acids is 1. The van der Waals surface area contributed by atoms with E-state index in [4.69, 9.17) is 4.74 Å². The number of para-hydroxylation sites is 1. The van der Waals surface area contributed by atoms with E-state index in [2.05, 4.69) is 41.3 Å². The van der Waals surface area contributed by atoms with Gasteiger partial charge in [0, 0.05) is 31.4 Å². The number of hydrogen-bond acceptors (Lipinski definition) is 3. The smallest absolute Gasteiger partial charge is 0.330 e. The van der Waals surface area contributed by atoms with E-state index in [1.165, 1.54) is 18.4 Å². The summed E-state index contributed by atoms with van der Waals surface area (Å²) in [6, 6.07) is 16.6. The Hall–Kier alpha value is -2.55. The Labute approximate surface area is 138 Å². The Morgan fingerprint density at radius 1 is 1.09 bits per heavy atom. The largest absolute Gasteiger partial charge is 0.466 e. The van der Waals surface area contributed by atoms with E-state index in [0.717, 1.165) is 23.1 Å². The van der Waals surface area contributed by atoms with Gasteiger partial charge in [-0.05, 0) is 29.2 Å². The molecule has 0 aliphatic rings. The number of ether oxygens (including phenoxy) is 1. The molecule has 0 amide bonds. The molecule has 0 spiro atoms. The molecule has 0 saturated heterocycles. The molecule has 2 rings (SSSR count). The number of carbonyl (C=O) groups is 1. The average molecular weight is 309 g/mol. The minimum atomic E-state index is -0.316. The van der Waals surface area contributed by atoms with Crippen molar-refractivity contribution in [1.29, 1.82) is 0 Å². The zero-order valence-electron chi connectivity index (χ0n) is 14.2. The standard InChI is InChI=1S/C20H23NO2/c1-5-15(14-20(22)23-4)16-10-12-17(13-11-16)18-8-6-7-9-19(18)21(2)3/h6-14H,5H2,1-4H3/b15-14+. The molecule has 0 fully saturated rings. The minimum absolute atomic E-state index is 0.316. The van der Waals surface area contributed by atoms with Crippen LogP contribution in [0.4, 0.5) is 5.69 Å². The summed E-state index contributed by atoms with van der Waals surface area (Å²) >= 11 is 0. The predicted molar refractivity (Wildman–Crippen MR) is 96.5 cm³/mol. The highest BCUT2D eigenvalue weighted by Gasteiger charge is 2.08. The maximum atomic E-state index is 11.5. The summed E-state index contributed by atoms with van der Waals surface area (Å²) in [5.74, 6) is -0.316. The van der Waals surface area contributed by atoms with Crippen molar-refractivity contribution >= 4 is 17.2 Å². The second-order valence-corrected chi connectivity index (χ2v) is 5.54. The van der Waals surface area contributed by atoms with E-state index in [1.54, 1.807) is 6.08 Å². The van der Waals surface area contributed by atoms with Crippen molar-refractivity contribution in [3.8, 4) is 11.1 Å². The van der Waals surface area contributed by atoms with Crippen molar-refractivity contribution in [2.24, 2.45) is 0 Å². The summed E-state index contributed by atoms with van der Waals surface area (Å²) in [7, 11) is 5.48. The van der Waals surface area contributed by atoms with Crippen LogP contribution in [0.2, 0.25) is 0 Å². The average Bonchev–Trinajstić information content (AvgIpc) is 2.59. The van der Waals surface area contributed by atoms with E-state index in [0.29, 0.717) is 0 Å². The molecule has 0 heterocycles. The van der Waals surface area contributed by atoms with Gasteiger partial charge in [-0.3, -0.25) is 0 Å². The second kappa shape index (κ2) is 7.63. The Morgan fingerprint density at radius 2 is 1.74 bits per heavy atom. The molecule has 0 unspecified atom stereocenters. The second-order valence-electron chi connectivity index (χ2n) is 5.54. The van der Waals surface area contributed by atoms with E-state index in [-0.39, 0.29) is 5.97 Å². The molecule has 0 aromatic heterocycles. The summed E-state index contributed by atoms with van der Waals surface area (Å²) in [6.07, 6.45) is 2.34. The molecule has 3 heteroatoms. The van der Waals surface area contributed by atoms with Crippen molar-refractivity contribution in [3.63, 3.8) is 0 Å². The van der Waals surface area contributed by atoms with Crippen LogP contribution in [-0.4, -0.2) is 27.2 Å². The van der Waals surface area contributed by atoms with Crippen LogP contribution < -0.4 is 4.90 Å². The highest BCUT2D eigenvalue weighted by Crippen LogP contribution is 2.30. The molecule has 23 heavy (non-hydrogen) atoms. The van der Waals surface area contributed by atoms with Crippen LogP contribution in [0.15, 0.2) is 54.6 Å². The summed E-state index contributed by atoms with van der Waals surface area (Å²) < 4.78 is 4.72. The van der Waals surface area contributed by atoms with Gasteiger partial charge in [0.1, 0.15) is 0 Å². The first kappa shape index (κ1) is 16.8. The maximum absolute atomic E-state index is 11.5. The first-order valence-corrected chi connectivity index (χ1v) is 7.72. The third-order valence-electron chi connectivity index (χ3n) is 3.83. The van der Waals surface area contributed by atoms with Crippen LogP contribution in [-0.2, 0) is 9.53 Å². The molecule has 0 saturated carbocycles. The van der Waals surface area contributed by atoms with Crippen molar-refractivity contribution in [3.05, 3.63) is 60.2 Å². The number of allylic oxidation sites excluding steroid dienone is 1. The maximum Gasteiger partial charge on any atom is 0.330 e. The van der Waals surface area contributed by atoms with E-state index >= 15 is 0 Å². The fourth-order valence-corrected chi connectivity index (χ4v) is 2.56. The predicted octanol–water partition coefficient (Wildman–Crippen LogP) is 4.39. The lowest BCUT2D eigenvalue weighted by Gasteiger charge is -2.17. The van der Waals surface area contributed by atoms with Gasteiger partial charge in [0.2, 0.25) is 0 Å². The first-order valence-electron chi connectivity index (χ1n) is 7.72. The third-order valence-corrected chi connectivity index (χ3v) is 3.83. The molecule has 0 aliphatic carbocycles. The first-order chi connectivity index (χ1) is 11.1. The fourth-order valence-electron chi connectivity index (χ4n) is 2.56. The lowest BCUT2D eigenvalue weighted by molar-refractivity contribution is -0.134. The molecule has 120 valence electrons. The van der Waals surface area contributed by atoms with Crippen LogP contribution in [0.5, 0.6) is 0 Å². The van der Waals surface area contributed by atoms with Crippen LogP contribution in [0.3, 0.4) is 0 Å². The summed E-state index contributed by atoms with van der Waals surface area (Å²) in [5, 5.41) is 0. The van der Waals surface area contributed by atoms with Crippen molar-refractivity contribution in [1.82, 2.24) is 0 Å². The molecule has 2 aromatic rings. The SMILES string of the molecule is CC/C(=C\C(=O)OC)c1ccc(-c2ccccc2N(C)C)cc1. The van der Waals surface area contributed by atoms with Crippen LogP contribution >= 0.6 is 0 Å². The quantitative estimate of drug-likeness (QED) is 0.606. The van der Waals surface area contributed by atoms with E-state index in [9.17, 15) is 4.79 Å². The van der Waals surface area contributed by atoms with Gasteiger partial charge < -0.3 is 9.64 Å². The van der Waals surface area contributed by atoms with Gasteiger partial charge in [-0.1, -0.05) is 49.4 Å². The van der Waals surface area contributed by atoms with Crippen LogP contribution in [0.1, 0.15) is 18.9 Å². The van der Waals surface area contributed by atoms with Crippen LogP contribution in [0, 0.1) is 0 Å². The third kappa shape index (κ3) is 4.01. The molecule has 0 aliphatic heterocycles. The highest BCUT2D eigenvalue weighted by molar-refractivity contribution is 5.91. The molecular weight excluding hydrogens is 286 g/mol. The number of benzene rings is 2. The summed E-state index contributed by atoms with van der Waals surface area (Å²) in [4.78, 5) is 13.6. The Morgan fingerprint density at radius 3 is 2.30 bits per heavy atom. The van der Waals surface area contributed by atoms with Crippen molar-refractivity contribution in [2.75, 3.05) is 26.1 Å². The zero-order chi connectivity index (χ0) is 16.8. The van der Waals surface area contributed by atoms with Crippen LogP contribution in [0.25, 0.3) is 16.7 Å². The lowest BCUT2D eigenvalue weighted by Crippen LogP contribution is -2.09. The number of nitrogens with zero attached hydrogens (tertiary/aromatic N) is 1. The van der Waals surface area contributed by atoms with Gasteiger partial charge in [-0.25, -0.2) is 4.79 Å². The van der Waals surface area contributed by atoms with Gasteiger partial charge in [0.25, 0.3) is 0 Å². The molecule has 3 nitrogen and oxygen atoms in total. The monoisotopic (exact) mass is 309 g/mol. The Balaban J connectivity index is 2.37. The van der Waals surface area contributed by atoms with Gasteiger partial charge in [0.15, 0.2) is 0 Å². The fraction of sp³-hybridized carbons (Fsp3) is 0.250. The Bertz CT molecular complexity index is 700. The zero-order valence-corrected chi connectivity index (χ0v) is 14.2. The van der Waals surface area contributed by atoms with Gasteiger partial charge >= 0.3 is 5.97 Å². The van der Waals surface area contributed by atoms with Gasteiger partial charge in [-0.2, -0.15) is 0 Å². The molecule has 2 aromatic carbocycles. The molecule has 0 N–H and O–H groups in total. The Kier molecular flexibility index (Phi) is 5.58. The highest BCUT2D eigenvalue weighted by atomic mass is 16.5. The minimum Gasteiger partial charge on any atom is -0.466 e. The normalized spacial score (nSPS) is 11.2. The van der Waals surface area contributed by atoms with Crippen molar-refractivity contribution in [2.45, 2.75) is 13.3 Å². The number of anilines is 1. The molecule has 0 bridgehead atoms. The van der Waals surface area contributed by atoms with E-state index < -0.39 is 0 Å². The van der Waals surface area contributed by atoms with Gasteiger partial charge in [-0.15, -0.1) is 0 Å². The molecule has 0 radical (unpaired) electrons. The summed E-state index contributed by atoms with van der Waals surface area (Å²) in [5.41, 5.74) is 5.56. The number of rotatable bonds is 5. The van der Waals surface area contributed by atoms with E-state index in [1.807, 2.05) is 33.2 Å². The topological polar surface area (TPSA) is 29.5 Å². The lowest BCUT2D eigenvalue weighted by atomic mass is 9.98. The molecular formula is C20H23NO2. The summed E-state index contributed by atoms with van der Waals surface area (Å²) in [6.45, 7) is 2.03. The van der Waals surface area contributed by atoms with Gasteiger partial charge in [0.05, 0.1) is 7.11 Å². The number of hydrogen-bond donors (Lipinski definition) is 0. The molecule has 0 atom stereocenters. The number of esters is 1. The number of methoxy groups -OCH3 is 1. The van der Waals surface area contributed by atoms with Crippen molar-refractivity contribution < 1.29 is 9.53 Å².